The third kappa shape index (κ3) is 3.01. The molecular formula is C16H20N2O4. The summed E-state index contributed by atoms with van der Waals surface area (Å²) in [4.78, 5) is 30.1. The number of ether oxygens (including phenoxy) is 1. The molecule has 0 saturated heterocycles. The Hall–Kier alpha value is -2.21. The number of Topliss-reactive ketones (excluding diaryl/α,β-unsaturated/α-hetero) is 1. The normalized spacial score (nSPS) is 18.2. The van der Waals surface area contributed by atoms with E-state index in [4.69, 9.17) is 4.74 Å². The van der Waals surface area contributed by atoms with E-state index in [0.29, 0.717) is 25.1 Å². The number of methoxy groups -OCH3 is 1. The van der Waals surface area contributed by atoms with E-state index in [1.54, 1.807) is 38.6 Å². The molecule has 2 rings (SSSR count). The van der Waals surface area contributed by atoms with E-state index in [9.17, 15) is 14.7 Å². The standard InChI is InChI=1S/C16H20N2O4/c1-3-12(19)13-14(11-6-4-7-17-10-11)18(8-5-9-22-2)16(21)15(13)20/h4,6-7,10,14,20H,3,5,8-9H2,1-2H3. The fourth-order valence-electron chi connectivity index (χ4n) is 2.62. The van der Waals surface area contributed by atoms with Crippen molar-refractivity contribution in [2.24, 2.45) is 0 Å². The van der Waals surface area contributed by atoms with Crippen molar-refractivity contribution in [2.75, 3.05) is 20.3 Å². The predicted molar refractivity (Wildman–Crippen MR) is 80.1 cm³/mol. The van der Waals surface area contributed by atoms with Crippen LogP contribution in [0.4, 0.5) is 0 Å². The maximum atomic E-state index is 12.3. The van der Waals surface area contributed by atoms with E-state index in [-0.39, 0.29) is 17.8 Å². The SMILES string of the molecule is CCC(=O)C1=C(O)C(=O)N(CCCOC)C1c1cccnc1. The Kier molecular flexibility index (Phi) is 5.27. The van der Waals surface area contributed by atoms with Gasteiger partial charge in [-0.25, -0.2) is 0 Å². The summed E-state index contributed by atoms with van der Waals surface area (Å²) < 4.78 is 5.01. The Morgan fingerprint density at radius 1 is 1.50 bits per heavy atom. The molecule has 0 saturated carbocycles. The van der Waals surface area contributed by atoms with Gasteiger partial charge < -0.3 is 14.7 Å². The zero-order chi connectivity index (χ0) is 16.1. The van der Waals surface area contributed by atoms with Crippen LogP contribution < -0.4 is 0 Å². The van der Waals surface area contributed by atoms with E-state index >= 15 is 0 Å². The number of hydrogen-bond acceptors (Lipinski definition) is 5. The predicted octanol–water partition coefficient (Wildman–Crippen LogP) is 1.79. The van der Waals surface area contributed by atoms with Crippen molar-refractivity contribution >= 4 is 11.7 Å². The van der Waals surface area contributed by atoms with E-state index in [0.717, 1.165) is 0 Å². The molecule has 1 aliphatic heterocycles. The van der Waals surface area contributed by atoms with Gasteiger partial charge in [-0.1, -0.05) is 13.0 Å². The van der Waals surface area contributed by atoms with E-state index < -0.39 is 17.7 Å². The van der Waals surface area contributed by atoms with Crippen LogP contribution in [0.3, 0.4) is 0 Å². The zero-order valence-electron chi connectivity index (χ0n) is 12.8. The van der Waals surface area contributed by atoms with Gasteiger partial charge in [-0.2, -0.15) is 0 Å². The Balaban J connectivity index is 2.38. The molecule has 6 nitrogen and oxygen atoms in total. The number of carbonyl (C=O) groups excluding carboxylic acids is 2. The molecule has 1 aromatic rings. The van der Waals surface area contributed by atoms with Crippen molar-refractivity contribution in [1.82, 2.24) is 9.88 Å². The van der Waals surface area contributed by atoms with Crippen LogP contribution >= 0.6 is 0 Å². The van der Waals surface area contributed by atoms with E-state index in [2.05, 4.69) is 4.98 Å². The highest BCUT2D eigenvalue weighted by Gasteiger charge is 2.42. The largest absolute Gasteiger partial charge is 0.503 e. The lowest BCUT2D eigenvalue weighted by Crippen LogP contribution is -2.32. The van der Waals surface area contributed by atoms with Crippen LogP contribution in [0.25, 0.3) is 0 Å². The van der Waals surface area contributed by atoms with Crippen LogP contribution in [-0.4, -0.2) is 46.9 Å². The van der Waals surface area contributed by atoms with Crippen LogP contribution in [0, 0.1) is 0 Å². The van der Waals surface area contributed by atoms with Crippen LogP contribution in [0.1, 0.15) is 31.4 Å². The first-order chi connectivity index (χ1) is 10.6. The third-order valence-electron chi connectivity index (χ3n) is 3.67. The molecule has 0 fully saturated rings. The summed E-state index contributed by atoms with van der Waals surface area (Å²) in [5.74, 6) is -1.19. The quantitative estimate of drug-likeness (QED) is 0.777. The Labute approximate surface area is 129 Å². The average molecular weight is 304 g/mol. The second-order valence-electron chi connectivity index (χ2n) is 5.07. The van der Waals surface area contributed by atoms with Crippen LogP contribution in [0.15, 0.2) is 35.9 Å². The van der Waals surface area contributed by atoms with Gasteiger partial charge in [-0.3, -0.25) is 14.6 Å². The second-order valence-corrected chi connectivity index (χ2v) is 5.07. The molecule has 1 N–H and O–H groups in total. The summed E-state index contributed by atoms with van der Waals surface area (Å²) in [6.45, 7) is 2.61. The summed E-state index contributed by atoms with van der Waals surface area (Å²) in [7, 11) is 1.59. The number of rotatable bonds is 7. The molecule has 0 radical (unpaired) electrons. The van der Waals surface area contributed by atoms with Crippen molar-refractivity contribution in [1.29, 1.82) is 0 Å². The number of hydrogen-bond donors (Lipinski definition) is 1. The molecule has 1 aromatic heterocycles. The Morgan fingerprint density at radius 2 is 2.27 bits per heavy atom. The van der Waals surface area contributed by atoms with Gasteiger partial charge >= 0.3 is 0 Å². The molecular weight excluding hydrogens is 284 g/mol. The van der Waals surface area contributed by atoms with Crippen molar-refractivity contribution in [2.45, 2.75) is 25.8 Å². The van der Waals surface area contributed by atoms with Crippen molar-refractivity contribution in [3.8, 4) is 0 Å². The topological polar surface area (TPSA) is 79.7 Å². The minimum absolute atomic E-state index is 0.165. The van der Waals surface area contributed by atoms with Crippen molar-refractivity contribution in [3.63, 3.8) is 0 Å². The minimum atomic E-state index is -0.578. The maximum absolute atomic E-state index is 12.3. The third-order valence-corrected chi connectivity index (χ3v) is 3.67. The van der Waals surface area contributed by atoms with Gasteiger partial charge in [0.15, 0.2) is 11.5 Å². The molecule has 0 bridgehead atoms. The lowest BCUT2D eigenvalue weighted by Gasteiger charge is -2.26. The van der Waals surface area contributed by atoms with Crippen LogP contribution in [0.5, 0.6) is 0 Å². The summed E-state index contributed by atoms with van der Waals surface area (Å²) in [6.07, 6.45) is 4.10. The molecule has 1 unspecified atom stereocenters. The molecule has 0 aromatic carbocycles. The number of aliphatic hydroxyl groups is 1. The first-order valence-electron chi connectivity index (χ1n) is 7.28. The monoisotopic (exact) mass is 304 g/mol. The Bertz CT molecular complexity index is 583. The molecule has 1 amide bonds. The fraction of sp³-hybridized carbons (Fsp3) is 0.438. The summed E-state index contributed by atoms with van der Waals surface area (Å²) in [5, 5.41) is 10.1. The highest BCUT2D eigenvalue weighted by Crippen LogP contribution is 2.37. The average Bonchev–Trinajstić information content (AvgIpc) is 2.80. The molecule has 118 valence electrons. The highest BCUT2D eigenvalue weighted by atomic mass is 16.5. The van der Waals surface area contributed by atoms with Gasteiger partial charge in [0.1, 0.15) is 0 Å². The Morgan fingerprint density at radius 3 is 2.86 bits per heavy atom. The van der Waals surface area contributed by atoms with Gasteiger partial charge in [-0.15, -0.1) is 0 Å². The molecule has 1 atom stereocenters. The summed E-state index contributed by atoms with van der Waals surface area (Å²) >= 11 is 0. The molecule has 0 spiro atoms. The number of nitrogens with zero attached hydrogens (tertiary/aromatic N) is 2. The van der Waals surface area contributed by atoms with Gasteiger partial charge in [-0.05, 0) is 18.1 Å². The lowest BCUT2D eigenvalue weighted by molar-refractivity contribution is -0.129. The van der Waals surface area contributed by atoms with Crippen LogP contribution in [-0.2, 0) is 14.3 Å². The second kappa shape index (κ2) is 7.17. The first-order valence-corrected chi connectivity index (χ1v) is 7.28. The van der Waals surface area contributed by atoms with Gasteiger partial charge in [0, 0.05) is 39.1 Å². The van der Waals surface area contributed by atoms with E-state index in [1.165, 1.54) is 4.90 Å². The van der Waals surface area contributed by atoms with Gasteiger partial charge in [0.05, 0.1) is 11.6 Å². The summed E-state index contributed by atoms with van der Waals surface area (Å²) in [5.41, 5.74) is 0.882. The number of ketones is 1. The number of amides is 1. The molecule has 2 heterocycles. The lowest BCUT2D eigenvalue weighted by atomic mass is 9.96. The fourth-order valence-corrected chi connectivity index (χ4v) is 2.62. The smallest absolute Gasteiger partial charge is 0.290 e. The van der Waals surface area contributed by atoms with Crippen molar-refractivity contribution in [3.05, 3.63) is 41.4 Å². The minimum Gasteiger partial charge on any atom is -0.503 e. The summed E-state index contributed by atoms with van der Waals surface area (Å²) in [6, 6.07) is 2.97. The van der Waals surface area contributed by atoms with Gasteiger partial charge in [0.2, 0.25) is 0 Å². The number of pyridine rings is 1. The van der Waals surface area contributed by atoms with Crippen LogP contribution in [0.2, 0.25) is 0 Å². The molecule has 6 heteroatoms. The zero-order valence-corrected chi connectivity index (χ0v) is 12.8. The van der Waals surface area contributed by atoms with Crippen molar-refractivity contribution < 1.29 is 19.4 Å². The molecule has 0 aliphatic carbocycles. The van der Waals surface area contributed by atoms with E-state index in [1.807, 2.05) is 0 Å². The number of aromatic nitrogens is 1. The molecule has 1 aliphatic rings. The number of aliphatic hydroxyl groups excluding tert-OH is 1. The number of carbonyl (C=O) groups is 2. The van der Waals surface area contributed by atoms with Gasteiger partial charge in [0.25, 0.3) is 5.91 Å². The first kappa shape index (κ1) is 16.2. The highest BCUT2D eigenvalue weighted by molar-refractivity contribution is 6.08. The maximum Gasteiger partial charge on any atom is 0.290 e. The molecule has 22 heavy (non-hydrogen) atoms.